The number of hydrogen-bond acceptors (Lipinski definition) is 3. The lowest BCUT2D eigenvalue weighted by atomic mass is 10.3. The zero-order valence-corrected chi connectivity index (χ0v) is 13.2. The molecule has 0 fully saturated rings. The number of nitrogens with zero attached hydrogens (tertiary/aromatic N) is 3. The first-order valence-corrected chi connectivity index (χ1v) is 8.13. The third-order valence-electron chi connectivity index (χ3n) is 3.60. The van der Waals surface area contributed by atoms with Gasteiger partial charge in [-0.05, 0) is 26.0 Å². The van der Waals surface area contributed by atoms with Crippen molar-refractivity contribution in [3.05, 3.63) is 53.6 Å². The number of para-hydroxylation sites is 2. The van der Waals surface area contributed by atoms with E-state index in [1.807, 2.05) is 31.2 Å². The van der Waals surface area contributed by atoms with Crippen LogP contribution in [0, 0.1) is 13.8 Å². The SMILES string of the molecule is Cc1cc(C)[n+]2cc(CSc3nc4ccccc4[nH]3)[nH]c2n1. The van der Waals surface area contributed by atoms with Gasteiger partial charge in [-0.2, -0.15) is 0 Å². The molecule has 0 aliphatic heterocycles. The van der Waals surface area contributed by atoms with Gasteiger partial charge in [-0.15, -0.1) is 0 Å². The third-order valence-corrected chi connectivity index (χ3v) is 4.52. The van der Waals surface area contributed by atoms with Crippen molar-refractivity contribution in [1.82, 2.24) is 19.9 Å². The number of H-pyrrole nitrogens is 2. The Morgan fingerprint density at radius 1 is 1.14 bits per heavy atom. The van der Waals surface area contributed by atoms with Crippen molar-refractivity contribution >= 4 is 28.6 Å². The summed E-state index contributed by atoms with van der Waals surface area (Å²) in [5.41, 5.74) is 5.41. The van der Waals surface area contributed by atoms with Gasteiger partial charge < -0.3 is 4.98 Å². The van der Waals surface area contributed by atoms with Crippen LogP contribution in [-0.2, 0) is 5.75 Å². The minimum absolute atomic E-state index is 0.821. The number of aryl methyl sites for hydroxylation is 2. The van der Waals surface area contributed by atoms with Crippen molar-refractivity contribution < 1.29 is 4.40 Å². The molecule has 3 heterocycles. The molecule has 0 radical (unpaired) electrons. The number of imidazole rings is 2. The van der Waals surface area contributed by atoms with Gasteiger partial charge in [-0.25, -0.2) is 14.4 Å². The van der Waals surface area contributed by atoms with Crippen molar-refractivity contribution in [2.45, 2.75) is 24.8 Å². The number of benzene rings is 1. The van der Waals surface area contributed by atoms with Gasteiger partial charge in [0.2, 0.25) is 0 Å². The van der Waals surface area contributed by atoms with Crippen LogP contribution >= 0.6 is 11.8 Å². The number of rotatable bonds is 3. The largest absolute Gasteiger partial charge is 0.401 e. The van der Waals surface area contributed by atoms with Gasteiger partial charge in [-0.3, -0.25) is 0 Å². The third kappa shape index (κ3) is 2.35. The predicted octanol–water partition coefficient (Wildman–Crippen LogP) is 2.93. The molecule has 0 unspecified atom stereocenters. The van der Waals surface area contributed by atoms with E-state index in [1.54, 1.807) is 11.8 Å². The molecule has 0 amide bonds. The topological polar surface area (TPSA) is 61.5 Å². The quantitative estimate of drug-likeness (QED) is 0.452. The van der Waals surface area contributed by atoms with E-state index in [9.17, 15) is 0 Å². The Morgan fingerprint density at radius 2 is 2.00 bits per heavy atom. The molecule has 5 nitrogen and oxygen atoms in total. The van der Waals surface area contributed by atoms with E-state index < -0.39 is 0 Å². The number of nitrogens with one attached hydrogen (secondary N) is 2. The van der Waals surface area contributed by atoms with Gasteiger partial charge in [0.1, 0.15) is 17.6 Å². The molecule has 6 heteroatoms. The van der Waals surface area contributed by atoms with Crippen molar-refractivity contribution in [1.29, 1.82) is 0 Å². The summed E-state index contributed by atoms with van der Waals surface area (Å²) in [6, 6.07) is 10.2. The summed E-state index contributed by atoms with van der Waals surface area (Å²) in [7, 11) is 0. The fourth-order valence-electron chi connectivity index (χ4n) is 2.59. The molecule has 110 valence electrons. The number of aromatic nitrogens is 5. The van der Waals surface area contributed by atoms with E-state index in [-0.39, 0.29) is 0 Å². The molecule has 0 aliphatic rings. The van der Waals surface area contributed by atoms with Crippen LogP contribution in [0.15, 0.2) is 41.7 Å². The van der Waals surface area contributed by atoms with Crippen LogP contribution < -0.4 is 4.40 Å². The molecule has 0 bridgehead atoms. The lowest BCUT2D eigenvalue weighted by Crippen LogP contribution is -2.24. The molecule has 0 aliphatic carbocycles. The summed E-state index contributed by atoms with van der Waals surface area (Å²) in [6.45, 7) is 4.10. The summed E-state index contributed by atoms with van der Waals surface area (Å²) in [5, 5.41) is 0.936. The maximum Gasteiger partial charge on any atom is 0.401 e. The highest BCUT2D eigenvalue weighted by molar-refractivity contribution is 7.98. The van der Waals surface area contributed by atoms with Gasteiger partial charge in [0.25, 0.3) is 0 Å². The van der Waals surface area contributed by atoms with Crippen molar-refractivity contribution in [3.63, 3.8) is 0 Å². The van der Waals surface area contributed by atoms with Crippen molar-refractivity contribution in [3.8, 4) is 0 Å². The van der Waals surface area contributed by atoms with Crippen molar-refractivity contribution in [2.24, 2.45) is 0 Å². The van der Waals surface area contributed by atoms with Crippen LogP contribution in [0.3, 0.4) is 0 Å². The summed E-state index contributed by atoms with van der Waals surface area (Å²) in [5.74, 6) is 1.71. The Labute approximate surface area is 131 Å². The molecule has 3 aromatic heterocycles. The smallest absolute Gasteiger partial charge is 0.333 e. The zero-order chi connectivity index (χ0) is 15.1. The summed E-state index contributed by atoms with van der Waals surface area (Å²) in [4.78, 5) is 15.8. The standard InChI is InChI=1S/C16H15N5S/c1-10-7-11(2)21-8-12(18-15(21)17-10)9-22-16-19-13-5-3-4-6-14(13)20-16/h3-8H,9H2,1-2H3,(H,19,20)/p+1. The summed E-state index contributed by atoms with van der Waals surface area (Å²) >= 11 is 1.69. The van der Waals surface area contributed by atoms with E-state index in [1.165, 1.54) is 5.69 Å². The molecule has 0 atom stereocenters. The van der Waals surface area contributed by atoms with E-state index in [0.717, 1.165) is 39.1 Å². The average Bonchev–Trinajstić information content (AvgIpc) is 3.07. The second-order valence-corrected chi connectivity index (χ2v) is 6.32. The number of thioether (sulfide) groups is 1. The van der Waals surface area contributed by atoms with Crippen LogP contribution in [0.5, 0.6) is 0 Å². The summed E-state index contributed by atoms with van der Waals surface area (Å²) < 4.78 is 2.08. The second kappa shape index (κ2) is 5.14. The van der Waals surface area contributed by atoms with E-state index in [2.05, 4.69) is 43.5 Å². The molecule has 4 aromatic rings. The van der Waals surface area contributed by atoms with Crippen LogP contribution in [0.2, 0.25) is 0 Å². The molecule has 0 spiro atoms. The maximum atomic E-state index is 4.58. The van der Waals surface area contributed by atoms with Gasteiger partial charge in [0.05, 0.1) is 22.5 Å². The Kier molecular flexibility index (Phi) is 3.11. The van der Waals surface area contributed by atoms with E-state index in [4.69, 9.17) is 0 Å². The summed E-state index contributed by atoms with van der Waals surface area (Å²) in [6.07, 6.45) is 2.10. The first kappa shape index (κ1) is 13.3. The second-order valence-electron chi connectivity index (χ2n) is 5.36. The first-order valence-electron chi connectivity index (χ1n) is 7.14. The maximum absolute atomic E-state index is 4.58. The molecule has 0 saturated carbocycles. The fourth-order valence-corrected chi connectivity index (χ4v) is 3.38. The van der Waals surface area contributed by atoms with Gasteiger partial charge >= 0.3 is 5.78 Å². The highest BCUT2D eigenvalue weighted by atomic mass is 32.2. The van der Waals surface area contributed by atoms with Crippen LogP contribution in [0.4, 0.5) is 0 Å². The van der Waals surface area contributed by atoms with E-state index in [0.29, 0.717) is 0 Å². The zero-order valence-electron chi connectivity index (χ0n) is 12.4. The fraction of sp³-hybridized carbons (Fsp3) is 0.188. The normalized spacial score (nSPS) is 11.5. The highest BCUT2D eigenvalue weighted by Crippen LogP contribution is 2.22. The Balaban J connectivity index is 1.59. The number of hydrogen-bond donors (Lipinski definition) is 2. The van der Waals surface area contributed by atoms with Gasteiger partial charge in [-0.1, -0.05) is 28.9 Å². The molecule has 4 rings (SSSR count). The minimum atomic E-state index is 0.821. The molecular formula is C16H16N5S+. The predicted molar refractivity (Wildman–Crippen MR) is 86.9 cm³/mol. The molecule has 2 N–H and O–H groups in total. The Morgan fingerprint density at radius 3 is 2.86 bits per heavy atom. The van der Waals surface area contributed by atoms with Crippen LogP contribution in [0.25, 0.3) is 16.8 Å². The van der Waals surface area contributed by atoms with Crippen molar-refractivity contribution in [2.75, 3.05) is 0 Å². The number of aromatic amines is 2. The Bertz CT molecular complexity index is 936. The van der Waals surface area contributed by atoms with Gasteiger partial charge in [0.15, 0.2) is 5.16 Å². The Hall–Kier alpha value is -2.34. The number of fused-ring (bicyclic) bond motifs is 2. The monoisotopic (exact) mass is 310 g/mol. The molecule has 1 aromatic carbocycles. The highest BCUT2D eigenvalue weighted by Gasteiger charge is 2.13. The van der Waals surface area contributed by atoms with E-state index >= 15 is 0 Å². The average molecular weight is 310 g/mol. The van der Waals surface area contributed by atoms with Crippen LogP contribution in [-0.4, -0.2) is 19.9 Å². The molecular weight excluding hydrogens is 294 g/mol. The molecule has 0 saturated heterocycles. The van der Waals surface area contributed by atoms with Gasteiger partial charge in [0, 0.05) is 6.07 Å². The first-order chi connectivity index (χ1) is 10.7. The lowest BCUT2D eigenvalue weighted by Gasteiger charge is -1.91. The lowest BCUT2D eigenvalue weighted by molar-refractivity contribution is -0.520. The van der Waals surface area contributed by atoms with Crippen LogP contribution in [0.1, 0.15) is 17.1 Å². The minimum Gasteiger partial charge on any atom is -0.333 e. The molecule has 22 heavy (non-hydrogen) atoms.